The van der Waals surface area contributed by atoms with Gasteiger partial charge in [0.25, 0.3) is 0 Å². The zero-order valence-corrected chi connectivity index (χ0v) is 7.89. The second kappa shape index (κ2) is 6.91. The average molecular weight is 173 g/mol. The minimum Gasteiger partial charge on any atom is -0.338 e. The Balaban J connectivity index is 3.24. The number of rotatable bonds is 5. The molecule has 0 radical (unpaired) electrons. The first kappa shape index (κ1) is 11.2. The smallest absolute Gasteiger partial charge is 0.314 e. The van der Waals surface area contributed by atoms with Crippen molar-refractivity contribution in [2.24, 2.45) is 5.73 Å². The highest BCUT2D eigenvalue weighted by Crippen LogP contribution is 1.90. The summed E-state index contributed by atoms with van der Waals surface area (Å²) in [5, 5.41) is 5.37. The fourth-order valence-corrected chi connectivity index (χ4v) is 0.798. The first-order valence-corrected chi connectivity index (χ1v) is 4.48. The molecule has 1 unspecified atom stereocenters. The molecule has 0 aromatic carbocycles. The molecule has 0 aromatic rings. The maximum Gasteiger partial charge on any atom is 0.314 e. The molecule has 0 saturated heterocycles. The number of urea groups is 1. The second-order valence-electron chi connectivity index (χ2n) is 2.74. The number of nitrogens with one attached hydrogen (secondary N) is 2. The normalized spacial score (nSPS) is 12.2. The molecule has 2 amide bonds. The molecule has 4 nitrogen and oxygen atoms in total. The van der Waals surface area contributed by atoms with Crippen LogP contribution in [-0.4, -0.2) is 25.2 Å². The molecule has 4 N–H and O–H groups in total. The van der Waals surface area contributed by atoms with Crippen molar-refractivity contribution < 1.29 is 4.79 Å². The van der Waals surface area contributed by atoms with Gasteiger partial charge < -0.3 is 16.4 Å². The molecule has 0 fully saturated rings. The predicted molar refractivity (Wildman–Crippen MR) is 50.0 cm³/mol. The summed E-state index contributed by atoms with van der Waals surface area (Å²) in [6.07, 6.45) is 1.80. The standard InChI is InChI=1S/C8H19N3O/c1-3-7(9)5-6-11-8(12)10-4-2/h7H,3-6,9H2,1-2H3,(H2,10,11,12). The fraction of sp³-hybridized carbons (Fsp3) is 0.875. The molecule has 0 bridgehead atoms. The van der Waals surface area contributed by atoms with Gasteiger partial charge in [-0.15, -0.1) is 0 Å². The van der Waals surface area contributed by atoms with Crippen LogP contribution in [0.1, 0.15) is 26.7 Å². The Bertz CT molecular complexity index is 127. The van der Waals surface area contributed by atoms with E-state index in [1.165, 1.54) is 0 Å². The number of hydrogen-bond donors (Lipinski definition) is 3. The third kappa shape index (κ3) is 5.97. The summed E-state index contributed by atoms with van der Waals surface area (Å²) >= 11 is 0. The van der Waals surface area contributed by atoms with Gasteiger partial charge in [-0.1, -0.05) is 6.92 Å². The van der Waals surface area contributed by atoms with Crippen molar-refractivity contribution in [3.05, 3.63) is 0 Å². The summed E-state index contributed by atoms with van der Waals surface area (Å²) in [5.74, 6) is 0. The van der Waals surface area contributed by atoms with Gasteiger partial charge in [0.1, 0.15) is 0 Å². The molecule has 4 heteroatoms. The van der Waals surface area contributed by atoms with E-state index in [2.05, 4.69) is 10.6 Å². The number of hydrogen-bond acceptors (Lipinski definition) is 2. The third-order valence-electron chi connectivity index (χ3n) is 1.66. The van der Waals surface area contributed by atoms with Crippen molar-refractivity contribution >= 4 is 6.03 Å². The highest BCUT2D eigenvalue weighted by Gasteiger charge is 2.00. The molecule has 72 valence electrons. The van der Waals surface area contributed by atoms with E-state index in [-0.39, 0.29) is 12.1 Å². The quantitative estimate of drug-likeness (QED) is 0.564. The minimum atomic E-state index is -0.110. The Kier molecular flexibility index (Phi) is 6.47. The molecule has 0 aliphatic carbocycles. The molecular weight excluding hydrogens is 154 g/mol. The average Bonchev–Trinajstić information content (AvgIpc) is 2.04. The lowest BCUT2D eigenvalue weighted by Crippen LogP contribution is -2.37. The number of nitrogens with two attached hydrogens (primary N) is 1. The van der Waals surface area contributed by atoms with Gasteiger partial charge in [0, 0.05) is 19.1 Å². The maximum absolute atomic E-state index is 10.8. The second-order valence-corrected chi connectivity index (χ2v) is 2.74. The highest BCUT2D eigenvalue weighted by molar-refractivity contribution is 5.73. The van der Waals surface area contributed by atoms with Crippen LogP contribution in [0.4, 0.5) is 4.79 Å². The summed E-state index contributed by atoms with van der Waals surface area (Å²) in [6, 6.07) is 0.0905. The van der Waals surface area contributed by atoms with Crippen molar-refractivity contribution in [1.29, 1.82) is 0 Å². The first-order valence-electron chi connectivity index (χ1n) is 4.48. The van der Waals surface area contributed by atoms with Crippen molar-refractivity contribution in [2.75, 3.05) is 13.1 Å². The van der Waals surface area contributed by atoms with E-state index >= 15 is 0 Å². The third-order valence-corrected chi connectivity index (χ3v) is 1.66. The van der Waals surface area contributed by atoms with Gasteiger partial charge in [-0.25, -0.2) is 4.79 Å². The number of amides is 2. The van der Waals surface area contributed by atoms with Crippen molar-refractivity contribution in [2.45, 2.75) is 32.7 Å². The first-order chi connectivity index (χ1) is 5.70. The highest BCUT2D eigenvalue weighted by atomic mass is 16.2. The van der Waals surface area contributed by atoms with E-state index in [4.69, 9.17) is 5.73 Å². The Morgan fingerprint density at radius 1 is 1.42 bits per heavy atom. The molecule has 0 saturated carbocycles. The van der Waals surface area contributed by atoms with Gasteiger partial charge in [0.15, 0.2) is 0 Å². The van der Waals surface area contributed by atoms with Crippen LogP contribution in [0, 0.1) is 0 Å². The van der Waals surface area contributed by atoms with Crippen molar-refractivity contribution in [1.82, 2.24) is 10.6 Å². The van der Waals surface area contributed by atoms with Crippen molar-refractivity contribution in [3.63, 3.8) is 0 Å². The van der Waals surface area contributed by atoms with E-state index in [9.17, 15) is 4.79 Å². The lowest BCUT2D eigenvalue weighted by atomic mass is 10.2. The SMILES string of the molecule is CCNC(=O)NCCC(N)CC. The Morgan fingerprint density at radius 2 is 2.08 bits per heavy atom. The summed E-state index contributed by atoms with van der Waals surface area (Å²) in [6.45, 7) is 5.24. The van der Waals surface area contributed by atoms with Crippen LogP contribution in [0.25, 0.3) is 0 Å². The van der Waals surface area contributed by atoms with Gasteiger partial charge >= 0.3 is 6.03 Å². The maximum atomic E-state index is 10.8. The van der Waals surface area contributed by atoms with Crippen molar-refractivity contribution in [3.8, 4) is 0 Å². The summed E-state index contributed by atoms with van der Waals surface area (Å²) in [5.41, 5.74) is 5.66. The Hall–Kier alpha value is -0.770. The van der Waals surface area contributed by atoms with Crippen LogP contribution >= 0.6 is 0 Å². The Labute approximate surface area is 73.9 Å². The Morgan fingerprint density at radius 3 is 2.58 bits per heavy atom. The zero-order valence-electron chi connectivity index (χ0n) is 7.89. The summed E-state index contributed by atoms with van der Waals surface area (Å²) < 4.78 is 0. The minimum absolute atomic E-state index is 0.110. The van der Waals surface area contributed by atoms with E-state index in [0.29, 0.717) is 13.1 Å². The molecule has 0 spiro atoms. The predicted octanol–water partition coefficient (Wildman–Crippen LogP) is 0.433. The van der Waals surface area contributed by atoms with Crippen LogP contribution in [0.5, 0.6) is 0 Å². The van der Waals surface area contributed by atoms with E-state index in [1.807, 2.05) is 13.8 Å². The van der Waals surface area contributed by atoms with Gasteiger partial charge in [-0.05, 0) is 19.8 Å². The van der Waals surface area contributed by atoms with Crippen LogP contribution in [0.3, 0.4) is 0 Å². The lowest BCUT2D eigenvalue weighted by Gasteiger charge is -2.09. The summed E-state index contributed by atoms with van der Waals surface area (Å²) in [4.78, 5) is 10.8. The number of carbonyl (C=O) groups is 1. The van der Waals surface area contributed by atoms with E-state index < -0.39 is 0 Å². The molecular formula is C8H19N3O. The van der Waals surface area contributed by atoms with Crippen LogP contribution in [0.15, 0.2) is 0 Å². The fourth-order valence-electron chi connectivity index (χ4n) is 0.798. The van der Waals surface area contributed by atoms with Gasteiger partial charge in [0.2, 0.25) is 0 Å². The topological polar surface area (TPSA) is 67.2 Å². The van der Waals surface area contributed by atoms with E-state index in [0.717, 1.165) is 12.8 Å². The van der Waals surface area contributed by atoms with Crippen LogP contribution < -0.4 is 16.4 Å². The molecule has 0 aromatic heterocycles. The van der Waals surface area contributed by atoms with Gasteiger partial charge in [0.05, 0.1) is 0 Å². The molecule has 0 heterocycles. The molecule has 0 rings (SSSR count). The molecule has 0 aliphatic heterocycles. The van der Waals surface area contributed by atoms with E-state index in [1.54, 1.807) is 0 Å². The van der Waals surface area contributed by atoms with Gasteiger partial charge in [-0.3, -0.25) is 0 Å². The molecule has 0 aliphatic rings. The zero-order chi connectivity index (χ0) is 9.40. The lowest BCUT2D eigenvalue weighted by molar-refractivity contribution is 0.241. The summed E-state index contributed by atoms with van der Waals surface area (Å²) in [7, 11) is 0. The number of carbonyl (C=O) groups excluding carboxylic acids is 1. The van der Waals surface area contributed by atoms with Crippen LogP contribution in [-0.2, 0) is 0 Å². The van der Waals surface area contributed by atoms with Crippen LogP contribution in [0.2, 0.25) is 0 Å². The monoisotopic (exact) mass is 173 g/mol. The molecule has 1 atom stereocenters. The largest absolute Gasteiger partial charge is 0.338 e. The van der Waals surface area contributed by atoms with Gasteiger partial charge in [-0.2, -0.15) is 0 Å². The molecule has 12 heavy (non-hydrogen) atoms.